The van der Waals surface area contributed by atoms with E-state index in [4.69, 9.17) is 13.3 Å². The van der Waals surface area contributed by atoms with Crippen molar-refractivity contribution in [3.63, 3.8) is 0 Å². The molecule has 6 heteroatoms. The van der Waals surface area contributed by atoms with E-state index in [0.717, 1.165) is 12.3 Å². The highest BCUT2D eigenvalue weighted by molar-refractivity contribution is 7.63. The fourth-order valence-electron chi connectivity index (χ4n) is 1.88. The average Bonchev–Trinajstić information content (AvgIpc) is 2.37. The summed E-state index contributed by atoms with van der Waals surface area (Å²) in [6.45, 7) is 11.6. The molecule has 4 nitrogen and oxygen atoms in total. The molecule has 0 aromatic rings. The predicted octanol–water partition coefficient (Wildman–Crippen LogP) is 3.44. The van der Waals surface area contributed by atoms with Gasteiger partial charge in [-0.3, -0.25) is 0 Å². The lowest BCUT2D eigenvalue weighted by Crippen LogP contribution is -2.46. The van der Waals surface area contributed by atoms with Crippen LogP contribution in [0.1, 0.15) is 34.6 Å². The van der Waals surface area contributed by atoms with Crippen molar-refractivity contribution in [1.29, 1.82) is 0 Å². The van der Waals surface area contributed by atoms with Crippen LogP contribution in [0.2, 0.25) is 6.04 Å². The van der Waals surface area contributed by atoms with Crippen molar-refractivity contribution in [3.05, 3.63) is 0 Å². The van der Waals surface area contributed by atoms with Gasteiger partial charge in [0.05, 0.1) is 7.14 Å². The Morgan fingerprint density at radius 3 is 1.50 bits per heavy atom. The van der Waals surface area contributed by atoms with E-state index in [-0.39, 0.29) is 0 Å². The first-order valence-electron chi connectivity index (χ1n) is 7.00. The average molecular weight is 296 g/mol. The molecular weight excluding hydrogens is 267 g/mol. The van der Waals surface area contributed by atoms with Crippen LogP contribution < -0.4 is 0 Å². The van der Waals surface area contributed by atoms with Gasteiger partial charge in [0.25, 0.3) is 0 Å². The second-order valence-electron chi connectivity index (χ2n) is 4.15. The molecule has 0 N–H and O–H groups in total. The van der Waals surface area contributed by atoms with Gasteiger partial charge in [0.1, 0.15) is 0 Å². The molecule has 0 aromatic carbocycles. The number of rotatable bonds is 11. The summed E-state index contributed by atoms with van der Waals surface area (Å²) in [5, 5.41) is 0. The fourth-order valence-corrected chi connectivity index (χ4v) is 7.69. The highest BCUT2D eigenvalue weighted by atomic mass is 31.2. The Balaban J connectivity index is 4.70. The molecule has 0 aliphatic rings. The van der Waals surface area contributed by atoms with E-state index in [1.807, 2.05) is 34.6 Å². The van der Waals surface area contributed by atoms with Crippen LogP contribution in [-0.4, -0.2) is 47.1 Å². The quantitative estimate of drug-likeness (QED) is 0.433. The van der Waals surface area contributed by atoms with Crippen LogP contribution in [0.3, 0.4) is 0 Å². The van der Waals surface area contributed by atoms with E-state index < -0.39 is 15.9 Å². The minimum atomic E-state index is -2.61. The zero-order chi connectivity index (χ0) is 14.1. The Hall–Kier alpha value is 0.327. The molecule has 0 aliphatic heterocycles. The summed E-state index contributed by atoms with van der Waals surface area (Å²) >= 11 is 0. The van der Waals surface area contributed by atoms with E-state index in [0.29, 0.717) is 32.0 Å². The highest BCUT2D eigenvalue weighted by Crippen LogP contribution is 2.46. The van der Waals surface area contributed by atoms with Crippen LogP contribution in [-0.2, 0) is 17.8 Å². The van der Waals surface area contributed by atoms with Gasteiger partial charge >= 0.3 is 8.80 Å². The SMILES string of the molecule is CCO[Si](CCP(=O)(CC)CC)(OCC)OCC. The molecule has 0 bridgehead atoms. The van der Waals surface area contributed by atoms with Gasteiger partial charge in [-0.1, -0.05) is 13.8 Å². The smallest absolute Gasteiger partial charge is 0.374 e. The van der Waals surface area contributed by atoms with Gasteiger partial charge in [-0.2, -0.15) is 0 Å². The van der Waals surface area contributed by atoms with Gasteiger partial charge in [0.15, 0.2) is 0 Å². The zero-order valence-corrected chi connectivity index (χ0v) is 14.4. The molecule has 0 heterocycles. The molecule has 0 spiro atoms. The molecular formula is C12H29O4PSi. The maximum Gasteiger partial charge on any atom is 0.501 e. The summed E-state index contributed by atoms with van der Waals surface area (Å²) in [4.78, 5) is 0. The topological polar surface area (TPSA) is 44.8 Å². The van der Waals surface area contributed by atoms with Gasteiger partial charge in [0, 0.05) is 32.0 Å². The summed E-state index contributed by atoms with van der Waals surface area (Å²) in [5.41, 5.74) is 0. The molecule has 110 valence electrons. The first-order chi connectivity index (χ1) is 8.51. The van der Waals surface area contributed by atoms with E-state index in [1.165, 1.54) is 0 Å². The third-order valence-electron chi connectivity index (χ3n) is 3.07. The van der Waals surface area contributed by atoms with Gasteiger partial charge in [-0.05, 0) is 33.1 Å². The van der Waals surface area contributed by atoms with Crippen molar-refractivity contribution in [2.75, 3.05) is 38.3 Å². The summed E-state index contributed by atoms with van der Waals surface area (Å²) in [6.07, 6.45) is 2.17. The van der Waals surface area contributed by atoms with Crippen LogP contribution in [0.4, 0.5) is 0 Å². The Morgan fingerprint density at radius 2 is 1.22 bits per heavy atom. The molecule has 18 heavy (non-hydrogen) atoms. The van der Waals surface area contributed by atoms with Crippen molar-refractivity contribution in [1.82, 2.24) is 0 Å². The normalized spacial score (nSPS) is 12.9. The first-order valence-corrected chi connectivity index (χ1v) is 11.2. The van der Waals surface area contributed by atoms with Crippen LogP contribution in [0.25, 0.3) is 0 Å². The standard InChI is InChI=1S/C12H29O4PSi/c1-6-14-18(15-7-2,16-8-3)12-11-17(13,9-4)10-5/h6-12H2,1-5H3. The second kappa shape index (κ2) is 9.27. The Bertz CT molecular complexity index is 235. The first kappa shape index (κ1) is 18.3. The summed E-state index contributed by atoms with van der Waals surface area (Å²) in [5.74, 6) is 0. The number of hydrogen-bond donors (Lipinski definition) is 0. The third-order valence-corrected chi connectivity index (χ3v) is 9.88. The van der Waals surface area contributed by atoms with E-state index in [1.54, 1.807) is 0 Å². The zero-order valence-electron chi connectivity index (χ0n) is 12.5. The van der Waals surface area contributed by atoms with Crippen LogP contribution in [0, 0.1) is 0 Å². The number of hydrogen-bond acceptors (Lipinski definition) is 4. The predicted molar refractivity (Wildman–Crippen MR) is 79.0 cm³/mol. The summed E-state index contributed by atoms with van der Waals surface area (Å²) in [6, 6.07) is 0.668. The lowest BCUT2D eigenvalue weighted by molar-refractivity contribution is 0.0727. The van der Waals surface area contributed by atoms with Gasteiger partial charge in [-0.25, -0.2) is 0 Å². The maximum absolute atomic E-state index is 12.5. The molecule has 0 amide bonds. The molecule has 0 radical (unpaired) electrons. The largest absolute Gasteiger partial charge is 0.501 e. The lowest BCUT2D eigenvalue weighted by Gasteiger charge is -2.29. The van der Waals surface area contributed by atoms with Crippen molar-refractivity contribution in [2.45, 2.75) is 40.7 Å². The summed E-state index contributed by atoms with van der Waals surface area (Å²) in [7, 11) is -4.66. The molecule has 0 unspecified atom stereocenters. The summed E-state index contributed by atoms with van der Waals surface area (Å²) < 4.78 is 29.8. The highest BCUT2D eigenvalue weighted by Gasteiger charge is 2.41. The maximum atomic E-state index is 12.5. The lowest BCUT2D eigenvalue weighted by atomic mass is 10.9. The minimum Gasteiger partial charge on any atom is -0.374 e. The van der Waals surface area contributed by atoms with Crippen molar-refractivity contribution in [3.8, 4) is 0 Å². The molecule has 0 rings (SSSR count). The molecule has 0 fully saturated rings. The fraction of sp³-hybridized carbons (Fsp3) is 1.00. The van der Waals surface area contributed by atoms with Crippen molar-refractivity contribution >= 4 is 15.9 Å². The Morgan fingerprint density at radius 1 is 0.833 bits per heavy atom. The monoisotopic (exact) mass is 296 g/mol. The second-order valence-corrected chi connectivity index (χ2v) is 10.7. The van der Waals surface area contributed by atoms with E-state index in [9.17, 15) is 4.57 Å². The van der Waals surface area contributed by atoms with Gasteiger partial charge < -0.3 is 17.8 Å². The minimum absolute atomic E-state index is 0.578. The van der Waals surface area contributed by atoms with Crippen molar-refractivity contribution < 1.29 is 17.8 Å². The molecule has 0 aliphatic carbocycles. The Labute approximate surface area is 113 Å². The molecule has 0 saturated heterocycles. The van der Waals surface area contributed by atoms with Crippen LogP contribution >= 0.6 is 7.14 Å². The molecule has 0 atom stereocenters. The van der Waals surface area contributed by atoms with Crippen LogP contribution in [0.15, 0.2) is 0 Å². The van der Waals surface area contributed by atoms with Gasteiger partial charge in [0.2, 0.25) is 0 Å². The Kier molecular flexibility index (Phi) is 9.43. The van der Waals surface area contributed by atoms with Crippen LogP contribution in [0.5, 0.6) is 0 Å². The van der Waals surface area contributed by atoms with Gasteiger partial charge in [-0.15, -0.1) is 0 Å². The molecule has 0 saturated carbocycles. The third kappa shape index (κ3) is 5.98. The van der Waals surface area contributed by atoms with E-state index >= 15 is 0 Å². The molecule has 0 aromatic heterocycles. The van der Waals surface area contributed by atoms with E-state index in [2.05, 4.69) is 0 Å². The van der Waals surface area contributed by atoms with Crippen molar-refractivity contribution in [2.24, 2.45) is 0 Å².